The minimum Gasteiger partial charge on any atom is -0.389 e. The number of hydrogen-bond donors (Lipinski definition) is 1. The van der Waals surface area contributed by atoms with Crippen molar-refractivity contribution in [1.82, 2.24) is 4.98 Å². The molecule has 0 radical (unpaired) electrons. The number of pyridine rings is 1. The minimum absolute atomic E-state index is 0.463. The van der Waals surface area contributed by atoms with Crippen molar-refractivity contribution in [2.24, 2.45) is 0 Å². The SMILES string of the molecule is CCOCCN(C)c1ccc(C(C)O)cn1. The van der Waals surface area contributed by atoms with Crippen LogP contribution in [0.5, 0.6) is 0 Å². The summed E-state index contributed by atoms with van der Waals surface area (Å²) in [5.74, 6) is 0.893. The van der Waals surface area contributed by atoms with Gasteiger partial charge in [-0.25, -0.2) is 4.98 Å². The first-order valence-electron chi connectivity index (χ1n) is 5.58. The van der Waals surface area contributed by atoms with Gasteiger partial charge in [0.15, 0.2) is 0 Å². The van der Waals surface area contributed by atoms with Crippen molar-refractivity contribution in [2.75, 3.05) is 31.7 Å². The van der Waals surface area contributed by atoms with E-state index in [1.165, 1.54) is 0 Å². The van der Waals surface area contributed by atoms with E-state index in [0.717, 1.165) is 24.5 Å². The fraction of sp³-hybridized carbons (Fsp3) is 0.583. The van der Waals surface area contributed by atoms with E-state index in [4.69, 9.17) is 4.74 Å². The van der Waals surface area contributed by atoms with E-state index in [1.54, 1.807) is 13.1 Å². The molecule has 0 aliphatic heterocycles. The van der Waals surface area contributed by atoms with Crippen LogP contribution in [-0.4, -0.2) is 36.9 Å². The molecule has 1 heterocycles. The Hall–Kier alpha value is -1.13. The lowest BCUT2D eigenvalue weighted by molar-refractivity contribution is 0.154. The summed E-state index contributed by atoms with van der Waals surface area (Å²) in [6.07, 6.45) is 1.24. The number of likely N-dealkylation sites (N-methyl/N-ethyl adjacent to an activating group) is 1. The standard InChI is InChI=1S/C12H20N2O2/c1-4-16-8-7-14(3)12-6-5-11(9-13-12)10(2)15/h5-6,9-10,15H,4,7-8H2,1-3H3. The molecule has 0 aromatic carbocycles. The van der Waals surface area contributed by atoms with Crippen molar-refractivity contribution in [2.45, 2.75) is 20.0 Å². The predicted molar refractivity (Wildman–Crippen MR) is 64.6 cm³/mol. The molecule has 4 nitrogen and oxygen atoms in total. The smallest absolute Gasteiger partial charge is 0.128 e. The van der Waals surface area contributed by atoms with Crippen molar-refractivity contribution in [3.8, 4) is 0 Å². The molecule has 1 unspecified atom stereocenters. The number of hydrogen-bond acceptors (Lipinski definition) is 4. The van der Waals surface area contributed by atoms with Crippen molar-refractivity contribution in [3.63, 3.8) is 0 Å². The van der Waals surface area contributed by atoms with Crippen molar-refractivity contribution in [3.05, 3.63) is 23.9 Å². The Morgan fingerprint density at radius 3 is 2.75 bits per heavy atom. The predicted octanol–water partition coefficient (Wildman–Crippen LogP) is 1.61. The lowest BCUT2D eigenvalue weighted by Gasteiger charge is -2.18. The molecule has 1 N–H and O–H groups in total. The van der Waals surface area contributed by atoms with Gasteiger partial charge < -0.3 is 14.7 Å². The summed E-state index contributed by atoms with van der Waals surface area (Å²) in [7, 11) is 1.98. The maximum Gasteiger partial charge on any atom is 0.128 e. The summed E-state index contributed by atoms with van der Waals surface area (Å²) >= 11 is 0. The van der Waals surface area contributed by atoms with Crippen LogP contribution in [0.2, 0.25) is 0 Å². The molecule has 0 amide bonds. The highest BCUT2D eigenvalue weighted by molar-refractivity contribution is 5.38. The van der Waals surface area contributed by atoms with Gasteiger partial charge in [-0.3, -0.25) is 0 Å². The van der Waals surface area contributed by atoms with Crippen LogP contribution in [0.15, 0.2) is 18.3 Å². The van der Waals surface area contributed by atoms with E-state index in [9.17, 15) is 5.11 Å². The molecule has 1 aromatic rings. The zero-order chi connectivity index (χ0) is 12.0. The van der Waals surface area contributed by atoms with Gasteiger partial charge in [0.25, 0.3) is 0 Å². The third-order valence-electron chi connectivity index (χ3n) is 2.42. The second-order valence-electron chi connectivity index (χ2n) is 3.74. The third-order valence-corrected chi connectivity index (χ3v) is 2.42. The van der Waals surface area contributed by atoms with Crippen molar-refractivity contribution < 1.29 is 9.84 Å². The average Bonchev–Trinajstić information content (AvgIpc) is 2.29. The van der Waals surface area contributed by atoms with E-state index in [1.807, 2.05) is 31.0 Å². The van der Waals surface area contributed by atoms with E-state index >= 15 is 0 Å². The molecule has 0 spiro atoms. The van der Waals surface area contributed by atoms with Gasteiger partial charge in [0.1, 0.15) is 5.82 Å². The Balaban J connectivity index is 2.52. The Labute approximate surface area is 96.9 Å². The topological polar surface area (TPSA) is 45.6 Å². The van der Waals surface area contributed by atoms with Crippen molar-refractivity contribution >= 4 is 5.82 Å². The summed E-state index contributed by atoms with van der Waals surface area (Å²) in [5.41, 5.74) is 0.835. The van der Waals surface area contributed by atoms with Gasteiger partial charge in [0.05, 0.1) is 12.7 Å². The molecule has 1 atom stereocenters. The number of rotatable bonds is 6. The van der Waals surface area contributed by atoms with E-state index < -0.39 is 6.10 Å². The summed E-state index contributed by atoms with van der Waals surface area (Å²) in [6.45, 7) is 5.97. The van der Waals surface area contributed by atoms with Gasteiger partial charge in [-0.1, -0.05) is 6.07 Å². The maximum atomic E-state index is 9.35. The quantitative estimate of drug-likeness (QED) is 0.746. The van der Waals surface area contributed by atoms with Gasteiger partial charge in [-0.2, -0.15) is 0 Å². The third kappa shape index (κ3) is 3.79. The number of aliphatic hydroxyl groups is 1. The van der Waals surface area contributed by atoms with Gasteiger partial charge in [-0.15, -0.1) is 0 Å². The summed E-state index contributed by atoms with van der Waals surface area (Å²) < 4.78 is 5.28. The lowest BCUT2D eigenvalue weighted by atomic mass is 10.2. The number of nitrogens with zero attached hydrogens (tertiary/aromatic N) is 2. The monoisotopic (exact) mass is 224 g/mol. The number of ether oxygens (including phenoxy) is 1. The molecule has 0 saturated heterocycles. The fourth-order valence-corrected chi connectivity index (χ4v) is 1.33. The first-order valence-corrected chi connectivity index (χ1v) is 5.58. The van der Waals surface area contributed by atoms with Gasteiger partial charge in [0, 0.05) is 26.4 Å². The summed E-state index contributed by atoms with van der Waals surface area (Å²) in [5, 5.41) is 9.35. The number of aromatic nitrogens is 1. The van der Waals surface area contributed by atoms with Crippen LogP contribution in [0.25, 0.3) is 0 Å². The molecule has 0 aliphatic carbocycles. The molecule has 1 aromatic heterocycles. The molecule has 0 bridgehead atoms. The van der Waals surface area contributed by atoms with Crippen LogP contribution in [0.1, 0.15) is 25.5 Å². The normalized spacial score (nSPS) is 12.5. The van der Waals surface area contributed by atoms with Crippen molar-refractivity contribution in [1.29, 1.82) is 0 Å². The molecule has 0 aliphatic rings. The average molecular weight is 224 g/mol. The van der Waals surface area contributed by atoms with Gasteiger partial charge in [0.2, 0.25) is 0 Å². The molecular formula is C12H20N2O2. The Morgan fingerprint density at radius 2 is 2.25 bits per heavy atom. The molecule has 16 heavy (non-hydrogen) atoms. The largest absolute Gasteiger partial charge is 0.389 e. The van der Waals surface area contributed by atoms with Crippen LogP contribution < -0.4 is 4.90 Å². The zero-order valence-corrected chi connectivity index (χ0v) is 10.2. The van der Waals surface area contributed by atoms with E-state index in [-0.39, 0.29) is 0 Å². The van der Waals surface area contributed by atoms with E-state index in [2.05, 4.69) is 4.98 Å². The van der Waals surface area contributed by atoms with Crippen LogP contribution in [0.4, 0.5) is 5.82 Å². The Kier molecular flexibility index (Phi) is 5.22. The molecule has 0 fully saturated rings. The molecule has 4 heteroatoms. The van der Waals surface area contributed by atoms with Gasteiger partial charge in [-0.05, 0) is 25.5 Å². The molecule has 1 rings (SSSR count). The lowest BCUT2D eigenvalue weighted by Crippen LogP contribution is -2.23. The second-order valence-corrected chi connectivity index (χ2v) is 3.74. The highest BCUT2D eigenvalue weighted by Gasteiger charge is 2.04. The Morgan fingerprint density at radius 1 is 1.50 bits per heavy atom. The molecule has 90 valence electrons. The second kappa shape index (κ2) is 6.45. The molecular weight excluding hydrogens is 204 g/mol. The van der Waals surface area contributed by atoms with Crippen LogP contribution in [0.3, 0.4) is 0 Å². The van der Waals surface area contributed by atoms with Crippen LogP contribution in [0, 0.1) is 0 Å². The van der Waals surface area contributed by atoms with Crippen LogP contribution >= 0.6 is 0 Å². The van der Waals surface area contributed by atoms with Gasteiger partial charge >= 0.3 is 0 Å². The highest BCUT2D eigenvalue weighted by Crippen LogP contribution is 2.14. The van der Waals surface area contributed by atoms with E-state index in [0.29, 0.717) is 6.61 Å². The number of aliphatic hydroxyl groups excluding tert-OH is 1. The summed E-state index contributed by atoms with van der Waals surface area (Å²) in [4.78, 5) is 6.32. The molecule has 0 saturated carbocycles. The number of anilines is 1. The maximum absolute atomic E-state index is 9.35. The minimum atomic E-state index is -0.463. The zero-order valence-electron chi connectivity index (χ0n) is 10.2. The highest BCUT2D eigenvalue weighted by atomic mass is 16.5. The first-order chi connectivity index (χ1) is 7.65. The Bertz CT molecular complexity index is 298. The van der Waals surface area contributed by atoms with Crippen LogP contribution in [-0.2, 0) is 4.74 Å². The fourth-order valence-electron chi connectivity index (χ4n) is 1.33. The first kappa shape index (κ1) is 12.9. The summed E-state index contributed by atoms with van der Waals surface area (Å²) in [6, 6.07) is 3.80.